The molecule has 0 radical (unpaired) electrons. The predicted octanol–water partition coefficient (Wildman–Crippen LogP) is 3.29. The van der Waals surface area contributed by atoms with Crippen LogP contribution < -0.4 is 9.04 Å². The molecule has 28 heavy (non-hydrogen) atoms. The maximum absolute atomic E-state index is 12.9. The van der Waals surface area contributed by atoms with Crippen LogP contribution in [0.15, 0.2) is 48.5 Å². The van der Waals surface area contributed by atoms with Gasteiger partial charge in [-0.25, -0.2) is 8.42 Å². The molecule has 150 valence electrons. The Hall–Kier alpha value is -2.54. The largest absolute Gasteiger partial charge is 0.494 e. The molecule has 0 spiro atoms. The van der Waals surface area contributed by atoms with E-state index in [4.69, 9.17) is 4.74 Å². The molecule has 0 bridgehead atoms. The minimum absolute atomic E-state index is 0.154. The molecule has 0 aliphatic carbocycles. The summed E-state index contributed by atoms with van der Waals surface area (Å²) in [6.07, 6.45) is 1.51. The molecule has 1 aliphatic heterocycles. The van der Waals surface area contributed by atoms with Crippen molar-refractivity contribution in [1.29, 1.82) is 0 Å². The molecule has 1 aliphatic rings. The second-order valence-electron chi connectivity index (χ2n) is 6.89. The first-order valence-electron chi connectivity index (χ1n) is 9.48. The van der Waals surface area contributed by atoms with Crippen LogP contribution in [0.1, 0.15) is 35.7 Å². The minimum Gasteiger partial charge on any atom is -0.494 e. The molecule has 1 heterocycles. The zero-order valence-corrected chi connectivity index (χ0v) is 17.1. The number of nitrogens with zero attached hydrogens (tertiary/aromatic N) is 2. The summed E-state index contributed by atoms with van der Waals surface area (Å²) in [5, 5.41) is 0. The summed E-state index contributed by atoms with van der Waals surface area (Å²) in [6, 6.07) is 14.5. The molecule has 0 N–H and O–H groups in total. The highest BCUT2D eigenvalue weighted by Gasteiger charge is 2.26. The number of benzene rings is 2. The van der Waals surface area contributed by atoms with Crippen LogP contribution in [0.2, 0.25) is 0 Å². The fourth-order valence-electron chi connectivity index (χ4n) is 3.34. The average molecular weight is 403 g/mol. The maximum Gasteiger partial charge on any atom is 0.253 e. The number of hydrogen-bond acceptors (Lipinski definition) is 4. The molecule has 6 nitrogen and oxygen atoms in total. The molecule has 0 unspecified atom stereocenters. The summed E-state index contributed by atoms with van der Waals surface area (Å²) in [5.41, 5.74) is 2.00. The van der Waals surface area contributed by atoms with E-state index in [9.17, 15) is 13.2 Å². The Morgan fingerprint density at radius 2 is 1.93 bits per heavy atom. The Morgan fingerprint density at radius 3 is 2.68 bits per heavy atom. The summed E-state index contributed by atoms with van der Waals surface area (Å²) in [6.45, 7) is 3.41. The molecule has 1 saturated heterocycles. The monoisotopic (exact) mass is 402 g/mol. The first-order chi connectivity index (χ1) is 13.4. The lowest BCUT2D eigenvalue weighted by Crippen LogP contribution is -2.38. The van der Waals surface area contributed by atoms with E-state index in [1.54, 1.807) is 36.2 Å². The highest BCUT2D eigenvalue weighted by Crippen LogP contribution is 2.25. The average Bonchev–Trinajstić information content (AvgIpc) is 2.67. The van der Waals surface area contributed by atoms with E-state index in [2.05, 4.69) is 0 Å². The van der Waals surface area contributed by atoms with Crippen LogP contribution >= 0.6 is 0 Å². The molecule has 2 aromatic carbocycles. The quantitative estimate of drug-likeness (QED) is 0.744. The van der Waals surface area contributed by atoms with E-state index >= 15 is 0 Å². The summed E-state index contributed by atoms with van der Waals surface area (Å²) in [5.74, 6) is 0.776. The van der Waals surface area contributed by atoms with Crippen LogP contribution in [0.5, 0.6) is 5.75 Å². The van der Waals surface area contributed by atoms with Crippen molar-refractivity contribution in [2.75, 3.05) is 30.3 Å². The van der Waals surface area contributed by atoms with Crippen LogP contribution in [-0.2, 0) is 16.6 Å². The van der Waals surface area contributed by atoms with Gasteiger partial charge in [-0.1, -0.05) is 18.2 Å². The second kappa shape index (κ2) is 8.65. The lowest BCUT2D eigenvalue weighted by atomic mass is 10.1. The van der Waals surface area contributed by atoms with Gasteiger partial charge in [-0.15, -0.1) is 0 Å². The van der Waals surface area contributed by atoms with Crippen molar-refractivity contribution in [3.05, 3.63) is 59.7 Å². The fraction of sp³-hybridized carbons (Fsp3) is 0.381. The highest BCUT2D eigenvalue weighted by atomic mass is 32.2. The third-order valence-electron chi connectivity index (χ3n) is 4.71. The predicted molar refractivity (Wildman–Crippen MR) is 110 cm³/mol. The molecule has 7 heteroatoms. The van der Waals surface area contributed by atoms with Gasteiger partial charge in [0.15, 0.2) is 0 Å². The standard InChI is InChI=1S/C21H26N2O4S/c1-3-27-20-11-6-8-17(14-20)16-22(2)21(24)18-9-7-10-19(15-18)23-12-4-5-13-28(23,25)26/h6-11,14-15H,3-5,12-13,16H2,1-2H3. The third kappa shape index (κ3) is 4.65. The molecule has 0 atom stereocenters. The van der Waals surface area contributed by atoms with Crippen molar-refractivity contribution in [2.24, 2.45) is 0 Å². The van der Waals surface area contributed by atoms with Gasteiger partial charge in [-0.05, 0) is 55.7 Å². The first-order valence-corrected chi connectivity index (χ1v) is 11.1. The van der Waals surface area contributed by atoms with Crippen molar-refractivity contribution in [3.8, 4) is 5.75 Å². The molecule has 1 amide bonds. The number of anilines is 1. The van der Waals surface area contributed by atoms with Crippen molar-refractivity contribution >= 4 is 21.6 Å². The Balaban J connectivity index is 1.76. The van der Waals surface area contributed by atoms with Gasteiger partial charge in [0.2, 0.25) is 10.0 Å². The summed E-state index contributed by atoms with van der Waals surface area (Å²) >= 11 is 0. The number of sulfonamides is 1. The van der Waals surface area contributed by atoms with Gasteiger partial charge in [0, 0.05) is 25.7 Å². The lowest BCUT2D eigenvalue weighted by molar-refractivity contribution is 0.0785. The van der Waals surface area contributed by atoms with Gasteiger partial charge >= 0.3 is 0 Å². The van der Waals surface area contributed by atoms with Gasteiger partial charge in [0.25, 0.3) is 5.91 Å². The van der Waals surface area contributed by atoms with Crippen LogP contribution in [0.25, 0.3) is 0 Å². The summed E-state index contributed by atoms with van der Waals surface area (Å²) in [4.78, 5) is 14.5. The SMILES string of the molecule is CCOc1cccc(CN(C)C(=O)c2cccc(N3CCCCS3(=O)=O)c2)c1. The number of hydrogen-bond donors (Lipinski definition) is 0. The third-order valence-corrected chi connectivity index (χ3v) is 6.58. The smallest absolute Gasteiger partial charge is 0.253 e. The van der Waals surface area contributed by atoms with E-state index in [-0.39, 0.29) is 11.7 Å². The van der Waals surface area contributed by atoms with Gasteiger partial charge in [-0.2, -0.15) is 0 Å². The summed E-state index contributed by atoms with van der Waals surface area (Å²) < 4.78 is 31.6. The lowest BCUT2D eigenvalue weighted by Gasteiger charge is -2.28. The van der Waals surface area contributed by atoms with Gasteiger partial charge in [0.05, 0.1) is 18.0 Å². The van der Waals surface area contributed by atoms with Crippen LogP contribution in [0.4, 0.5) is 5.69 Å². The molecule has 0 aromatic heterocycles. The van der Waals surface area contributed by atoms with Crippen LogP contribution in [-0.4, -0.2) is 45.2 Å². The van der Waals surface area contributed by atoms with E-state index in [0.717, 1.165) is 17.7 Å². The summed E-state index contributed by atoms with van der Waals surface area (Å²) in [7, 11) is -1.57. The molecular formula is C21H26N2O4S. The zero-order chi connectivity index (χ0) is 20.1. The number of ether oxygens (including phenoxy) is 1. The van der Waals surface area contributed by atoms with Crippen LogP contribution in [0, 0.1) is 0 Å². The Bertz CT molecular complexity index is 943. The molecule has 2 aromatic rings. The maximum atomic E-state index is 12.9. The molecule has 1 fully saturated rings. The number of carbonyl (C=O) groups excluding carboxylic acids is 1. The molecular weight excluding hydrogens is 376 g/mol. The zero-order valence-electron chi connectivity index (χ0n) is 16.3. The Morgan fingerprint density at radius 1 is 1.14 bits per heavy atom. The van der Waals surface area contributed by atoms with Crippen molar-refractivity contribution < 1.29 is 17.9 Å². The van der Waals surface area contributed by atoms with Crippen molar-refractivity contribution in [3.63, 3.8) is 0 Å². The highest BCUT2D eigenvalue weighted by molar-refractivity contribution is 7.92. The van der Waals surface area contributed by atoms with Crippen molar-refractivity contribution in [1.82, 2.24) is 4.90 Å². The number of carbonyl (C=O) groups is 1. The van der Waals surface area contributed by atoms with E-state index < -0.39 is 10.0 Å². The molecule has 0 saturated carbocycles. The Kier molecular flexibility index (Phi) is 6.24. The van der Waals surface area contributed by atoms with Gasteiger partial charge in [0.1, 0.15) is 5.75 Å². The van der Waals surface area contributed by atoms with E-state index in [1.807, 2.05) is 31.2 Å². The Labute approximate surface area is 166 Å². The fourth-order valence-corrected chi connectivity index (χ4v) is 4.97. The second-order valence-corrected chi connectivity index (χ2v) is 8.90. The van der Waals surface area contributed by atoms with E-state index in [1.165, 1.54) is 4.31 Å². The normalized spacial score (nSPS) is 15.9. The van der Waals surface area contributed by atoms with Gasteiger partial charge < -0.3 is 9.64 Å². The minimum atomic E-state index is -3.30. The molecule has 3 rings (SSSR count). The van der Waals surface area contributed by atoms with E-state index in [0.29, 0.717) is 37.4 Å². The van der Waals surface area contributed by atoms with Crippen LogP contribution in [0.3, 0.4) is 0 Å². The number of amides is 1. The van der Waals surface area contributed by atoms with Crippen molar-refractivity contribution in [2.45, 2.75) is 26.3 Å². The number of rotatable bonds is 6. The topological polar surface area (TPSA) is 66.9 Å². The van der Waals surface area contributed by atoms with Gasteiger partial charge in [-0.3, -0.25) is 9.10 Å². The first kappa shape index (κ1) is 20.2.